The first-order chi connectivity index (χ1) is 9.72. The van der Waals surface area contributed by atoms with Crippen molar-refractivity contribution in [3.63, 3.8) is 0 Å². The number of ether oxygens (including phenoxy) is 1. The number of hydrogen-bond acceptors (Lipinski definition) is 4. The van der Waals surface area contributed by atoms with Crippen LogP contribution in [0.25, 0.3) is 0 Å². The molecule has 5 heteroatoms. The fourth-order valence-corrected chi connectivity index (χ4v) is 2.10. The van der Waals surface area contributed by atoms with E-state index in [9.17, 15) is 4.79 Å². The van der Waals surface area contributed by atoms with Gasteiger partial charge < -0.3 is 4.74 Å². The molecule has 0 bridgehead atoms. The number of aromatic nitrogens is 3. The van der Waals surface area contributed by atoms with Gasteiger partial charge in [-0.1, -0.05) is 37.3 Å². The second-order valence-electron chi connectivity index (χ2n) is 4.87. The predicted molar refractivity (Wildman–Crippen MR) is 76.1 cm³/mol. The molecule has 0 atom stereocenters. The summed E-state index contributed by atoms with van der Waals surface area (Å²) in [6, 6.07) is 9.71. The van der Waals surface area contributed by atoms with E-state index in [1.54, 1.807) is 4.68 Å². The molecule has 0 radical (unpaired) electrons. The summed E-state index contributed by atoms with van der Waals surface area (Å²) in [4.78, 5) is 10.9. The van der Waals surface area contributed by atoms with Crippen molar-refractivity contribution in [3.05, 3.63) is 41.7 Å². The van der Waals surface area contributed by atoms with Crippen LogP contribution in [0.2, 0.25) is 0 Å². The van der Waals surface area contributed by atoms with E-state index < -0.39 is 0 Å². The highest BCUT2D eigenvalue weighted by molar-refractivity contribution is 5.73. The molecule has 2 rings (SSSR count). The Balaban J connectivity index is 1.88. The Morgan fingerprint density at radius 1 is 1.30 bits per heavy atom. The maximum Gasteiger partial charge on any atom is 0.172 e. The summed E-state index contributed by atoms with van der Waals surface area (Å²) in [6.07, 6.45) is 1.58. The van der Waals surface area contributed by atoms with Crippen molar-refractivity contribution in [2.24, 2.45) is 0 Å². The Morgan fingerprint density at radius 2 is 2.05 bits per heavy atom. The smallest absolute Gasteiger partial charge is 0.172 e. The second-order valence-corrected chi connectivity index (χ2v) is 4.87. The van der Waals surface area contributed by atoms with E-state index in [-0.39, 0.29) is 5.92 Å². The Morgan fingerprint density at radius 3 is 2.70 bits per heavy atom. The summed E-state index contributed by atoms with van der Waals surface area (Å²) >= 11 is 0. The summed E-state index contributed by atoms with van der Waals surface area (Å²) < 4.78 is 7.42. The predicted octanol–water partition coefficient (Wildman–Crippen LogP) is 2.68. The summed E-state index contributed by atoms with van der Waals surface area (Å²) in [5, 5.41) is 7.93. The van der Waals surface area contributed by atoms with Crippen molar-refractivity contribution >= 4 is 6.29 Å². The second kappa shape index (κ2) is 6.84. The molecule has 1 heterocycles. The maximum absolute atomic E-state index is 10.9. The normalized spacial score (nSPS) is 10.8. The van der Waals surface area contributed by atoms with E-state index in [4.69, 9.17) is 4.74 Å². The lowest BCUT2D eigenvalue weighted by atomic mass is 10.1. The van der Waals surface area contributed by atoms with Crippen LogP contribution >= 0.6 is 0 Å². The van der Waals surface area contributed by atoms with Gasteiger partial charge in [0.15, 0.2) is 6.29 Å². The van der Waals surface area contributed by atoms with E-state index >= 15 is 0 Å². The third-order valence-electron chi connectivity index (χ3n) is 2.99. The number of nitrogens with zero attached hydrogens (tertiary/aromatic N) is 3. The summed E-state index contributed by atoms with van der Waals surface area (Å²) in [6.45, 7) is 5.37. The van der Waals surface area contributed by atoms with Crippen molar-refractivity contribution in [2.75, 3.05) is 6.61 Å². The minimum absolute atomic E-state index is 0.222. The van der Waals surface area contributed by atoms with Crippen LogP contribution in [0.5, 0.6) is 5.75 Å². The van der Waals surface area contributed by atoms with Crippen LogP contribution in [0.15, 0.2) is 30.3 Å². The molecule has 20 heavy (non-hydrogen) atoms. The van der Waals surface area contributed by atoms with Crippen molar-refractivity contribution in [3.8, 4) is 5.75 Å². The SMILES string of the molecule is CC(C)c1c(C=O)nnn1CCCOc1ccccc1. The topological polar surface area (TPSA) is 57.0 Å². The lowest BCUT2D eigenvalue weighted by Gasteiger charge is -2.10. The van der Waals surface area contributed by atoms with Gasteiger partial charge in [-0.25, -0.2) is 4.68 Å². The Hall–Kier alpha value is -2.17. The zero-order chi connectivity index (χ0) is 14.4. The molecule has 0 fully saturated rings. The number of carbonyl (C=O) groups excluding carboxylic acids is 1. The van der Waals surface area contributed by atoms with Gasteiger partial charge in [0, 0.05) is 13.0 Å². The molecule has 0 saturated carbocycles. The van der Waals surface area contributed by atoms with Crippen LogP contribution in [0.1, 0.15) is 42.4 Å². The lowest BCUT2D eigenvalue weighted by Crippen LogP contribution is -2.10. The third-order valence-corrected chi connectivity index (χ3v) is 2.99. The van der Waals surface area contributed by atoms with Crippen molar-refractivity contribution < 1.29 is 9.53 Å². The Bertz CT molecular complexity index is 550. The minimum Gasteiger partial charge on any atom is -0.494 e. The molecule has 0 N–H and O–H groups in total. The number of carbonyl (C=O) groups is 1. The molecule has 1 aromatic carbocycles. The number of benzene rings is 1. The van der Waals surface area contributed by atoms with Gasteiger partial charge in [-0.05, 0) is 18.1 Å². The molecule has 0 aliphatic heterocycles. The van der Waals surface area contributed by atoms with Gasteiger partial charge in [0.1, 0.15) is 11.4 Å². The molecule has 0 saturated heterocycles. The zero-order valence-corrected chi connectivity index (χ0v) is 11.8. The molecule has 0 aliphatic carbocycles. The number of aryl methyl sites for hydroxylation is 1. The average Bonchev–Trinajstić information content (AvgIpc) is 2.88. The highest BCUT2D eigenvalue weighted by atomic mass is 16.5. The number of aldehydes is 1. The van der Waals surface area contributed by atoms with Crippen LogP contribution in [0.3, 0.4) is 0 Å². The van der Waals surface area contributed by atoms with Gasteiger partial charge >= 0.3 is 0 Å². The maximum atomic E-state index is 10.9. The van der Waals surface area contributed by atoms with Gasteiger partial charge in [0.25, 0.3) is 0 Å². The summed E-state index contributed by atoms with van der Waals surface area (Å²) in [5.41, 5.74) is 1.32. The van der Waals surface area contributed by atoms with E-state index in [2.05, 4.69) is 10.3 Å². The lowest BCUT2D eigenvalue weighted by molar-refractivity contribution is 0.111. The van der Waals surface area contributed by atoms with E-state index in [0.29, 0.717) is 18.8 Å². The van der Waals surface area contributed by atoms with Crippen molar-refractivity contribution in [2.45, 2.75) is 32.7 Å². The fourth-order valence-electron chi connectivity index (χ4n) is 2.10. The van der Waals surface area contributed by atoms with E-state index in [1.165, 1.54) is 0 Å². The van der Waals surface area contributed by atoms with E-state index in [0.717, 1.165) is 24.2 Å². The van der Waals surface area contributed by atoms with E-state index in [1.807, 2.05) is 44.2 Å². The fraction of sp³-hybridized carbons (Fsp3) is 0.400. The van der Waals surface area contributed by atoms with Crippen LogP contribution in [0, 0.1) is 0 Å². The standard InChI is InChI=1S/C15H19N3O2/c1-12(2)15-14(11-19)16-17-18(15)9-6-10-20-13-7-4-3-5-8-13/h3-5,7-8,11-12H,6,9-10H2,1-2H3. The molecule has 0 amide bonds. The molecular formula is C15H19N3O2. The number of hydrogen-bond donors (Lipinski definition) is 0. The van der Waals surface area contributed by atoms with Gasteiger partial charge in [0.05, 0.1) is 12.3 Å². The van der Waals surface area contributed by atoms with Crippen LogP contribution in [-0.4, -0.2) is 27.9 Å². The first-order valence-electron chi connectivity index (χ1n) is 6.78. The highest BCUT2D eigenvalue weighted by Crippen LogP contribution is 2.16. The molecule has 0 spiro atoms. The van der Waals surface area contributed by atoms with Gasteiger partial charge in [0.2, 0.25) is 0 Å². The quantitative estimate of drug-likeness (QED) is 0.575. The monoisotopic (exact) mass is 273 g/mol. The first-order valence-corrected chi connectivity index (χ1v) is 6.78. The molecule has 0 aliphatic rings. The molecular weight excluding hydrogens is 254 g/mol. The summed E-state index contributed by atoms with van der Waals surface area (Å²) in [7, 11) is 0. The van der Waals surface area contributed by atoms with Crippen molar-refractivity contribution in [1.29, 1.82) is 0 Å². The Kier molecular flexibility index (Phi) is 4.87. The van der Waals surface area contributed by atoms with Crippen LogP contribution in [-0.2, 0) is 6.54 Å². The van der Waals surface area contributed by atoms with Gasteiger partial charge in [-0.2, -0.15) is 0 Å². The summed E-state index contributed by atoms with van der Waals surface area (Å²) in [5.74, 6) is 1.09. The van der Waals surface area contributed by atoms with Crippen molar-refractivity contribution in [1.82, 2.24) is 15.0 Å². The average molecular weight is 273 g/mol. The number of para-hydroxylation sites is 1. The third kappa shape index (κ3) is 3.44. The first kappa shape index (κ1) is 14.2. The molecule has 5 nitrogen and oxygen atoms in total. The van der Waals surface area contributed by atoms with Crippen LogP contribution < -0.4 is 4.74 Å². The Labute approximate surface area is 118 Å². The molecule has 106 valence electrons. The zero-order valence-electron chi connectivity index (χ0n) is 11.8. The highest BCUT2D eigenvalue weighted by Gasteiger charge is 2.15. The largest absolute Gasteiger partial charge is 0.494 e. The molecule has 0 unspecified atom stereocenters. The van der Waals surface area contributed by atoms with Gasteiger partial charge in [-0.15, -0.1) is 5.10 Å². The molecule has 2 aromatic rings. The number of rotatable bonds is 7. The minimum atomic E-state index is 0.222. The van der Waals surface area contributed by atoms with Crippen LogP contribution in [0.4, 0.5) is 0 Å². The van der Waals surface area contributed by atoms with Gasteiger partial charge in [-0.3, -0.25) is 4.79 Å². The molecule has 1 aromatic heterocycles.